The summed E-state index contributed by atoms with van der Waals surface area (Å²) in [5.74, 6) is 0.213. The smallest absolute Gasteiger partial charge is 0.429 e. The fourth-order valence-electron chi connectivity index (χ4n) is 3.59. The van der Waals surface area contributed by atoms with Crippen molar-refractivity contribution in [2.75, 3.05) is 5.43 Å². The average Bonchev–Trinajstić information content (AvgIpc) is 3.58. The van der Waals surface area contributed by atoms with E-state index in [4.69, 9.17) is 10.5 Å². The van der Waals surface area contributed by atoms with Gasteiger partial charge in [-0.3, -0.25) is 10.2 Å². The Morgan fingerprint density at radius 1 is 1.00 bits per heavy atom. The van der Waals surface area contributed by atoms with Crippen molar-refractivity contribution in [1.82, 2.24) is 5.01 Å². The first-order valence-electron chi connectivity index (χ1n) is 10.7. The average molecular weight is 430 g/mol. The van der Waals surface area contributed by atoms with Gasteiger partial charge in [-0.15, -0.1) is 0 Å². The highest BCUT2D eigenvalue weighted by Crippen LogP contribution is 2.39. The first-order valence-corrected chi connectivity index (χ1v) is 10.7. The number of carbonyl (C=O) groups is 2. The zero-order valence-corrected chi connectivity index (χ0v) is 18.0. The molecule has 1 saturated carbocycles. The zero-order chi connectivity index (χ0) is 22.5. The first-order chi connectivity index (χ1) is 15.5. The second kappa shape index (κ2) is 9.66. The van der Waals surface area contributed by atoms with Gasteiger partial charge in [0.25, 0.3) is 0 Å². The summed E-state index contributed by atoms with van der Waals surface area (Å²) in [6.07, 6.45) is 0.367. The van der Waals surface area contributed by atoms with Gasteiger partial charge in [-0.2, -0.15) is 0 Å². The van der Waals surface area contributed by atoms with Crippen LogP contribution in [0.5, 0.6) is 0 Å². The molecular weight excluding hydrogens is 402 g/mol. The van der Waals surface area contributed by atoms with Gasteiger partial charge in [-0.05, 0) is 36.6 Å². The molecule has 0 heterocycles. The van der Waals surface area contributed by atoms with Crippen molar-refractivity contribution in [2.24, 2.45) is 5.73 Å². The van der Waals surface area contributed by atoms with Gasteiger partial charge in [0.2, 0.25) is 0 Å². The minimum atomic E-state index is -0.780. The van der Waals surface area contributed by atoms with E-state index >= 15 is 0 Å². The molecule has 0 aromatic heterocycles. The number of benzene rings is 3. The van der Waals surface area contributed by atoms with Crippen LogP contribution in [0.2, 0.25) is 0 Å². The predicted molar refractivity (Wildman–Crippen MR) is 124 cm³/mol. The summed E-state index contributed by atoms with van der Waals surface area (Å²) in [5, 5.41) is 1.25. The number of nitrogens with two attached hydrogens (primary N) is 1. The van der Waals surface area contributed by atoms with Crippen LogP contribution in [0.15, 0.2) is 84.9 Å². The topological polar surface area (TPSA) is 84.7 Å². The monoisotopic (exact) mass is 429 g/mol. The van der Waals surface area contributed by atoms with Crippen LogP contribution >= 0.6 is 0 Å². The summed E-state index contributed by atoms with van der Waals surface area (Å²) in [4.78, 5) is 26.0. The van der Waals surface area contributed by atoms with Crippen molar-refractivity contribution in [2.45, 2.75) is 38.0 Å². The Morgan fingerprint density at radius 2 is 1.59 bits per heavy atom. The van der Waals surface area contributed by atoms with Crippen molar-refractivity contribution in [3.05, 3.63) is 102 Å². The number of anilines is 1. The summed E-state index contributed by atoms with van der Waals surface area (Å²) in [6, 6.07) is 25.6. The van der Waals surface area contributed by atoms with Gasteiger partial charge in [-0.1, -0.05) is 72.8 Å². The Morgan fingerprint density at radius 3 is 2.19 bits per heavy atom. The molecule has 0 radical (unpaired) electrons. The number of ether oxygens (including phenoxy) is 1. The van der Waals surface area contributed by atoms with Crippen LogP contribution in [-0.4, -0.2) is 29.0 Å². The van der Waals surface area contributed by atoms with E-state index < -0.39 is 12.1 Å². The van der Waals surface area contributed by atoms with Crippen LogP contribution in [0, 0.1) is 0 Å². The van der Waals surface area contributed by atoms with Gasteiger partial charge < -0.3 is 10.5 Å². The standard InChI is InChI=1S/C26H27N3O3/c1-18(25(30)21-10-6-3-7-11-21)29(26(31)32-17-19-8-4-2-5-9-19)28-22-14-12-20(13-15-22)23-16-24(23)27/h2-15,18,23-24,28H,16-17,27H2,1H3. The van der Waals surface area contributed by atoms with Gasteiger partial charge in [0.1, 0.15) is 12.6 Å². The highest BCUT2D eigenvalue weighted by molar-refractivity contribution is 6.01. The number of hydrogen-bond acceptors (Lipinski definition) is 5. The Balaban J connectivity index is 1.51. The SMILES string of the molecule is CC(C(=O)c1ccccc1)N(Nc1ccc(C2CC2N)cc1)C(=O)OCc1ccccc1. The molecule has 3 atom stereocenters. The van der Waals surface area contributed by atoms with E-state index in [0.717, 1.165) is 12.0 Å². The predicted octanol–water partition coefficient (Wildman–Crippen LogP) is 4.74. The van der Waals surface area contributed by atoms with Gasteiger partial charge in [0, 0.05) is 17.5 Å². The maximum absolute atomic E-state index is 13.0. The first kappa shape index (κ1) is 21.6. The lowest BCUT2D eigenvalue weighted by Crippen LogP contribution is -2.47. The maximum Gasteiger partial charge on any atom is 0.429 e. The van der Waals surface area contributed by atoms with Crippen LogP contribution in [0.3, 0.4) is 0 Å². The molecule has 6 heteroatoms. The number of hydrazine groups is 1. The normalized spacial score (nSPS) is 17.8. The molecule has 4 rings (SSSR count). The fourth-order valence-corrected chi connectivity index (χ4v) is 3.59. The molecule has 0 saturated heterocycles. The molecule has 164 valence electrons. The molecule has 0 aliphatic heterocycles. The molecule has 3 N–H and O–H groups in total. The van der Waals surface area contributed by atoms with Gasteiger partial charge in [0.05, 0.1) is 5.69 Å². The lowest BCUT2D eigenvalue weighted by molar-refractivity contribution is 0.0738. The molecule has 6 nitrogen and oxygen atoms in total. The van der Waals surface area contributed by atoms with E-state index in [1.54, 1.807) is 31.2 Å². The number of carbonyl (C=O) groups excluding carboxylic acids is 2. The molecule has 0 spiro atoms. The van der Waals surface area contributed by atoms with Gasteiger partial charge in [0.15, 0.2) is 5.78 Å². The molecule has 3 aromatic rings. The number of amides is 1. The lowest BCUT2D eigenvalue weighted by atomic mass is 10.1. The Labute approximate surface area is 188 Å². The van der Waals surface area contributed by atoms with Crippen LogP contribution < -0.4 is 11.2 Å². The number of nitrogens with zero attached hydrogens (tertiary/aromatic N) is 1. The van der Waals surface area contributed by atoms with E-state index in [1.807, 2.05) is 60.7 Å². The van der Waals surface area contributed by atoms with E-state index in [1.165, 1.54) is 10.6 Å². The van der Waals surface area contributed by atoms with E-state index in [0.29, 0.717) is 17.2 Å². The third kappa shape index (κ3) is 5.15. The van der Waals surface area contributed by atoms with Crippen molar-refractivity contribution in [3.63, 3.8) is 0 Å². The van der Waals surface area contributed by atoms with Crippen molar-refractivity contribution >= 4 is 17.6 Å². The summed E-state index contributed by atoms with van der Waals surface area (Å²) in [5.41, 5.74) is 12.3. The lowest BCUT2D eigenvalue weighted by Gasteiger charge is -2.29. The van der Waals surface area contributed by atoms with Crippen LogP contribution in [0.1, 0.15) is 40.7 Å². The minimum absolute atomic E-state index is 0.114. The number of ketones is 1. The molecule has 1 amide bonds. The van der Waals surface area contributed by atoms with Gasteiger partial charge in [-0.25, -0.2) is 9.80 Å². The molecule has 32 heavy (non-hydrogen) atoms. The van der Waals surface area contributed by atoms with E-state index in [9.17, 15) is 9.59 Å². The molecule has 3 unspecified atom stereocenters. The fraction of sp³-hybridized carbons (Fsp3) is 0.231. The molecule has 1 aliphatic carbocycles. The molecule has 3 aromatic carbocycles. The highest BCUT2D eigenvalue weighted by atomic mass is 16.6. The van der Waals surface area contributed by atoms with E-state index in [2.05, 4.69) is 5.43 Å². The Hall–Kier alpha value is -3.64. The molecule has 1 fully saturated rings. The second-order valence-electron chi connectivity index (χ2n) is 8.06. The molecule has 0 bridgehead atoms. The number of Topliss-reactive ketones (excluding diaryl/α,β-unsaturated/α-hetero) is 1. The van der Waals surface area contributed by atoms with Crippen LogP contribution in [0.4, 0.5) is 10.5 Å². The van der Waals surface area contributed by atoms with Crippen molar-refractivity contribution < 1.29 is 14.3 Å². The highest BCUT2D eigenvalue weighted by Gasteiger charge is 2.34. The maximum atomic E-state index is 13.0. The summed E-state index contributed by atoms with van der Waals surface area (Å²) < 4.78 is 5.51. The zero-order valence-electron chi connectivity index (χ0n) is 18.0. The number of rotatable bonds is 8. The third-order valence-electron chi connectivity index (χ3n) is 5.66. The van der Waals surface area contributed by atoms with Crippen molar-refractivity contribution in [1.29, 1.82) is 0 Å². The largest absolute Gasteiger partial charge is 0.443 e. The van der Waals surface area contributed by atoms with E-state index in [-0.39, 0.29) is 18.4 Å². The van der Waals surface area contributed by atoms with Crippen molar-refractivity contribution in [3.8, 4) is 0 Å². The molecule has 1 aliphatic rings. The summed E-state index contributed by atoms with van der Waals surface area (Å²) in [6.45, 7) is 1.80. The second-order valence-corrected chi connectivity index (χ2v) is 8.06. The Bertz CT molecular complexity index is 1050. The molecular formula is C26H27N3O3. The minimum Gasteiger partial charge on any atom is -0.443 e. The quantitative estimate of drug-likeness (QED) is 0.399. The summed E-state index contributed by atoms with van der Waals surface area (Å²) >= 11 is 0. The summed E-state index contributed by atoms with van der Waals surface area (Å²) in [7, 11) is 0. The Kier molecular flexibility index (Phi) is 6.52. The van der Waals surface area contributed by atoms with Crippen LogP contribution in [0.25, 0.3) is 0 Å². The number of hydrogen-bond donors (Lipinski definition) is 2. The van der Waals surface area contributed by atoms with Gasteiger partial charge >= 0.3 is 6.09 Å². The number of nitrogens with one attached hydrogen (secondary N) is 1. The third-order valence-corrected chi connectivity index (χ3v) is 5.66. The van der Waals surface area contributed by atoms with Crippen LogP contribution in [-0.2, 0) is 11.3 Å².